The van der Waals surface area contributed by atoms with Crippen LogP contribution >= 0.6 is 11.6 Å². The molecule has 6 heterocycles. The third kappa shape index (κ3) is 5.01. The summed E-state index contributed by atoms with van der Waals surface area (Å²) in [5.41, 5.74) is 14.1. The van der Waals surface area contributed by atoms with Gasteiger partial charge in [-0.05, 0) is 111 Å². The molecule has 4 N–H and O–H groups in total. The first-order valence-electron chi connectivity index (χ1n) is 17.9. The highest BCUT2D eigenvalue weighted by Gasteiger charge is 2.50. The minimum Gasteiger partial charge on any atom is -0.491 e. The predicted octanol–water partition coefficient (Wildman–Crippen LogP) is 6.85. The molecule has 51 heavy (non-hydrogen) atoms. The minimum atomic E-state index is -0.392. The molecule has 2 spiro atoms. The molecule has 2 amide bonds. The zero-order chi connectivity index (χ0) is 34.6. The number of nitrogens with one attached hydrogen (secondary N) is 4. The van der Waals surface area contributed by atoms with Crippen LogP contribution in [0.2, 0.25) is 5.15 Å². The van der Waals surface area contributed by atoms with Crippen molar-refractivity contribution in [3.05, 3.63) is 98.5 Å². The van der Waals surface area contributed by atoms with Gasteiger partial charge in [-0.3, -0.25) is 14.6 Å². The molecular formula is C40H36ClFN6O3. The van der Waals surface area contributed by atoms with Crippen LogP contribution in [-0.2, 0) is 38.5 Å². The third-order valence-corrected chi connectivity index (χ3v) is 11.8. The molecule has 2 saturated carbocycles. The maximum atomic E-state index is 14.4. The van der Waals surface area contributed by atoms with E-state index in [0.717, 1.165) is 126 Å². The van der Waals surface area contributed by atoms with Gasteiger partial charge in [0, 0.05) is 64.4 Å². The molecule has 6 aliphatic rings. The Kier molecular flexibility index (Phi) is 6.66. The number of amides is 2. The predicted molar refractivity (Wildman–Crippen MR) is 191 cm³/mol. The molecule has 2 aliphatic heterocycles. The second kappa shape index (κ2) is 11.0. The molecule has 0 atom stereocenters. The summed E-state index contributed by atoms with van der Waals surface area (Å²) in [6.07, 6.45) is 13.3. The van der Waals surface area contributed by atoms with Crippen LogP contribution in [0.25, 0.3) is 33.8 Å². The molecular weight excluding hydrogens is 667 g/mol. The molecule has 11 heteroatoms. The minimum absolute atomic E-state index is 0.0242. The van der Waals surface area contributed by atoms with Gasteiger partial charge in [0.05, 0.1) is 34.8 Å². The van der Waals surface area contributed by atoms with Crippen LogP contribution in [0.4, 0.5) is 4.39 Å². The van der Waals surface area contributed by atoms with E-state index in [4.69, 9.17) is 16.3 Å². The van der Waals surface area contributed by atoms with E-state index in [1.807, 2.05) is 37.5 Å². The number of ether oxygens (including phenoxy) is 1. The van der Waals surface area contributed by atoms with Crippen molar-refractivity contribution in [1.82, 2.24) is 30.6 Å². The van der Waals surface area contributed by atoms with Crippen LogP contribution in [0.1, 0.15) is 87.0 Å². The maximum absolute atomic E-state index is 14.4. The number of aromatic nitrogens is 4. The molecule has 4 aliphatic carbocycles. The van der Waals surface area contributed by atoms with Gasteiger partial charge in [-0.25, -0.2) is 9.37 Å². The fraction of sp³-hybridized carbons (Fsp3) is 0.350. The van der Waals surface area contributed by atoms with Gasteiger partial charge in [0.25, 0.3) is 11.8 Å². The average molecular weight is 703 g/mol. The third-order valence-electron chi connectivity index (χ3n) is 11.6. The first-order chi connectivity index (χ1) is 24.7. The maximum Gasteiger partial charge on any atom is 0.253 e. The Morgan fingerprint density at radius 2 is 1.35 bits per heavy atom. The average Bonchev–Trinajstić information content (AvgIpc) is 3.96. The van der Waals surface area contributed by atoms with Gasteiger partial charge in [0.2, 0.25) is 0 Å². The van der Waals surface area contributed by atoms with Gasteiger partial charge in [-0.15, -0.1) is 0 Å². The fourth-order valence-electron chi connectivity index (χ4n) is 8.66. The summed E-state index contributed by atoms with van der Waals surface area (Å²) in [6, 6.07) is 8.86. The van der Waals surface area contributed by atoms with E-state index in [-0.39, 0.29) is 28.6 Å². The standard InChI is InChI=1S/C24H22FN3O2.C16H14ClN3O/c1-2-30-20-6-4-13(9-17(20)25)18-10-16-14(12-26-18)3-5-15-21-19(27-22(15)16)11-24(7-8-24)28-23(21)29;17-12-5-10-8(7-18-12)1-2-9-13-11(19-14(9)10)6-16(3-4-16)20-15(13)21/h4,6,9-10,12,27H,2-3,5,7-8,11H2,1H3,(H,28,29);5,7,19H,1-4,6H2,(H,20,21). The number of carbonyl (C=O) groups is 2. The van der Waals surface area contributed by atoms with Crippen molar-refractivity contribution in [3.63, 3.8) is 0 Å². The lowest BCUT2D eigenvalue weighted by atomic mass is 9.87. The number of nitrogens with zero attached hydrogens (tertiary/aromatic N) is 2. The van der Waals surface area contributed by atoms with E-state index in [1.54, 1.807) is 6.07 Å². The number of H-pyrrole nitrogens is 2. The van der Waals surface area contributed by atoms with Gasteiger partial charge >= 0.3 is 0 Å². The molecule has 0 unspecified atom stereocenters. The highest BCUT2D eigenvalue weighted by atomic mass is 35.5. The molecule has 2 fully saturated rings. The number of pyridine rings is 2. The van der Waals surface area contributed by atoms with E-state index in [1.165, 1.54) is 11.6 Å². The van der Waals surface area contributed by atoms with Crippen LogP contribution in [0.15, 0.2) is 42.7 Å². The highest BCUT2D eigenvalue weighted by Crippen LogP contribution is 2.47. The number of benzene rings is 1. The first kappa shape index (κ1) is 30.8. The van der Waals surface area contributed by atoms with Crippen molar-refractivity contribution < 1.29 is 18.7 Å². The van der Waals surface area contributed by atoms with E-state index in [9.17, 15) is 14.0 Å². The van der Waals surface area contributed by atoms with Gasteiger partial charge in [-0.2, -0.15) is 0 Å². The van der Waals surface area contributed by atoms with Crippen molar-refractivity contribution in [2.24, 2.45) is 0 Å². The van der Waals surface area contributed by atoms with Crippen LogP contribution < -0.4 is 15.4 Å². The Labute approximate surface area is 298 Å². The van der Waals surface area contributed by atoms with Crippen molar-refractivity contribution in [3.8, 4) is 39.5 Å². The van der Waals surface area contributed by atoms with Gasteiger partial charge < -0.3 is 25.3 Å². The van der Waals surface area contributed by atoms with Gasteiger partial charge in [0.1, 0.15) is 5.15 Å². The molecule has 1 aromatic carbocycles. The van der Waals surface area contributed by atoms with Gasteiger partial charge in [-0.1, -0.05) is 11.6 Å². The van der Waals surface area contributed by atoms with Crippen molar-refractivity contribution in [1.29, 1.82) is 0 Å². The summed E-state index contributed by atoms with van der Waals surface area (Å²) < 4.78 is 19.7. The number of rotatable bonds is 3. The SMILES string of the molecule is CCOc1ccc(-c2cc3c(cn2)CCc2c-3[nH]c3c2C(=O)NC2(CC2)C3)cc1F.O=C1NC2(CC2)Cc2[nH]c3c(c21)CCc1cnc(Cl)cc1-3. The summed E-state index contributed by atoms with van der Waals surface area (Å²) in [7, 11) is 0. The van der Waals surface area contributed by atoms with Crippen molar-refractivity contribution in [2.45, 2.75) is 82.2 Å². The summed E-state index contributed by atoms with van der Waals surface area (Å²) >= 11 is 6.05. The summed E-state index contributed by atoms with van der Waals surface area (Å²) in [5.74, 6) is 0.00211. The normalized spacial score (nSPS) is 18.9. The van der Waals surface area contributed by atoms with Crippen LogP contribution in [0.5, 0.6) is 5.75 Å². The summed E-state index contributed by atoms with van der Waals surface area (Å²) in [5, 5.41) is 6.91. The molecule has 5 aromatic rings. The lowest BCUT2D eigenvalue weighted by Crippen LogP contribution is -2.43. The lowest BCUT2D eigenvalue weighted by molar-refractivity contribution is 0.0908. The number of fused-ring (bicyclic) bond motifs is 10. The Morgan fingerprint density at radius 3 is 1.90 bits per heavy atom. The Balaban J connectivity index is 0.000000136. The van der Waals surface area contributed by atoms with Crippen LogP contribution in [-0.4, -0.2) is 49.4 Å². The number of aryl methyl sites for hydroxylation is 2. The van der Waals surface area contributed by atoms with E-state index >= 15 is 0 Å². The second-order valence-electron chi connectivity index (χ2n) is 15.0. The number of carbonyl (C=O) groups excluding carboxylic acids is 2. The number of hydrogen-bond donors (Lipinski definition) is 4. The fourth-order valence-corrected chi connectivity index (χ4v) is 8.82. The molecule has 0 bridgehead atoms. The summed E-state index contributed by atoms with van der Waals surface area (Å²) in [6.45, 7) is 2.25. The highest BCUT2D eigenvalue weighted by molar-refractivity contribution is 6.29. The number of hydrogen-bond acceptors (Lipinski definition) is 5. The van der Waals surface area contributed by atoms with Crippen LogP contribution in [0.3, 0.4) is 0 Å². The van der Waals surface area contributed by atoms with Gasteiger partial charge in [0.15, 0.2) is 11.6 Å². The molecule has 9 nitrogen and oxygen atoms in total. The van der Waals surface area contributed by atoms with E-state index in [2.05, 4.69) is 30.6 Å². The lowest BCUT2D eigenvalue weighted by Gasteiger charge is -2.24. The van der Waals surface area contributed by atoms with E-state index in [0.29, 0.717) is 23.0 Å². The zero-order valence-corrected chi connectivity index (χ0v) is 29.0. The molecule has 4 aromatic heterocycles. The van der Waals surface area contributed by atoms with E-state index < -0.39 is 5.82 Å². The quantitative estimate of drug-likeness (QED) is 0.153. The number of halogens is 2. The zero-order valence-electron chi connectivity index (χ0n) is 28.2. The van der Waals surface area contributed by atoms with Crippen molar-refractivity contribution in [2.75, 3.05) is 6.61 Å². The molecule has 0 radical (unpaired) electrons. The largest absolute Gasteiger partial charge is 0.491 e. The monoisotopic (exact) mass is 702 g/mol. The smallest absolute Gasteiger partial charge is 0.253 e. The second-order valence-corrected chi connectivity index (χ2v) is 15.3. The molecule has 11 rings (SSSR count). The topological polar surface area (TPSA) is 125 Å². The molecule has 0 saturated heterocycles. The first-order valence-corrected chi connectivity index (χ1v) is 18.3. The Morgan fingerprint density at radius 1 is 0.784 bits per heavy atom. The molecule has 258 valence electrons. The summed E-state index contributed by atoms with van der Waals surface area (Å²) in [4.78, 5) is 41.1. The number of aromatic amines is 2. The van der Waals surface area contributed by atoms with Crippen LogP contribution in [0, 0.1) is 5.82 Å². The Bertz CT molecular complexity index is 2330. The van der Waals surface area contributed by atoms with Crippen molar-refractivity contribution >= 4 is 23.4 Å². The Hall–Kier alpha value is -4.96.